The molecule has 4 heteroatoms. The predicted molar refractivity (Wildman–Crippen MR) is 94.0 cm³/mol. The van der Waals surface area contributed by atoms with Crippen molar-refractivity contribution in [1.82, 2.24) is 4.90 Å². The van der Waals surface area contributed by atoms with E-state index < -0.39 is 0 Å². The van der Waals surface area contributed by atoms with E-state index in [9.17, 15) is 4.79 Å². The van der Waals surface area contributed by atoms with Gasteiger partial charge in [-0.1, -0.05) is 25.8 Å². The van der Waals surface area contributed by atoms with Crippen LogP contribution in [-0.4, -0.2) is 30.4 Å². The van der Waals surface area contributed by atoms with Crippen LogP contribution in [-0.2, 0) is 6.42 Å². The molecule has 0 spiro atoms. The molecule has 2 atom stereocenters. The predicted octanol–water partition coefficient (Wildman–Crippen LogP) is 4.12. The van der Waals surface area contributed by atoms with E-state index in [-0.39, 0.29) is 18.3 Å². The third kappa shape index (κ3) is 3.24. The standard InChI is InChI=1S/C18H26N2O.ClH/c1-13-7-3-4-11-17(13)20(2)18(21)15-8-5-10-16-14(15)9-6-12-19-16;/h5,8,10,13,17,19H,3-4,6-7,9,11-12H2,1-2H3;1H. The molecule has 0 bridgehead atoms. The van der Waals surface area contributed by atoms with Crippen molar-refractivity contribution in [3.05, 3.63) is 29.3 Å². The van der Waals surface area contributed by atoms with Gasteiger partial charge in [-0.25, -0.2) is 0 Å². The number of rotatable bonds is 2. The Morgan fingerprint density at radius 3 is 2.77 bits per heavy atom. The number of carbonyl (C=O) groups excluding carboxylic acids is 1. The van der Waals surface area contributed by atoms with Crippen LogP contribution in [0, 0.1) is 5.92 Å². The average molecular weight is 323 g/mol. The zero-order chi connectivity index (χ0) is 14.8. The van der Waals surface area contributed by atoms with Crippen molar-refractivity contribution in [2.24, 2.45) is 5.92 Å². The summed E-state index contributed by atoms with van der Waals surface area (Å²) in [4.78, 5) is 15.0. The molecule has 1 N–H and O–H groups in total. The first-order valence-electron chi connectivity index (χ1n) is 8.31. The monoisotopic (exact) mass is 322 g/mol. The van der Waals surface area contributed by atoms with Gasteiger partial charge in [-0.2, -0.15) is 0 Å². The summed E-state index contributed by atoms with van der Waals surface area (Å²) in [6.07, 6.45) is 7.08. The fraction of sp³-hybridized carbons (Fsp3) is 0.611. The van der Waals surface area contributed by atoms with E-state index in [4.69, 9.17) is 0 Å². The molecule has 2 unspecified atom stereocenters. The highest BCUT2D eigenvalue weighted by Crippen LogP contribution is 2.30. The minimum Gasteiger partial charge on any atom is -0.385 e. The Bertz CT molecular complexity index is 532. The largest absolute Gasteiger partial charge is 0.385 e. The van der Waals surface area contributed by atoms with Gasteiger partial charge in [0.05, 0.1) is 0 Å². The van der Waals surface area contributed by atoms with Crippen LogP contribution in [0.15, 0.2) is 18.2 Å². The summed E-state index contributed by atoms with van der Waals surface area (Å²) < 4.78 is 0. The second kappa shape index (κ2) is 7.36. The lowest BCUT2D eigenvalue weighted by Crippen LogP contribution is -2.43. The first-order valence-corrected chi connectivity index (χ1v) is 8.31. The molecule has 1 aliphatic heterocycles. The normalized spacial score (nSPS) is 23.7. The number of hydrogen-bond acceptors (Lipinski definition) is 2. The molecule has 3 rings (SSSR count). The SMILES string of the molecule is CC1CCCCC1N(C)C(=O)c1cccc2c1CCCN2.Cl. The molecule has 1 aromatic carbocycles. The quantitative estimate of drug-likeness (QED) is 0.888. The number of halogens is 1. The summed E-state index contributed by atoms with van der Waals surface area (Å²) in [5, 5.41) is 3.41. The van der Waals surface area contributed by atoms with Gasteiger partial charge in [0.25, 0.3) is 5.91 Å². The minimum absolute atomic E-state index is 0. The number of anilines is 1. The van der Waals surface area contributed by atoms with E-state index in [1.54, 1.807) is 0 Å². The van der Waals surface area contributed by atoms with Gasteiger partial charge in [-0.15, -0.1) is 12.4 Å². The molecule has 0 radical (unpaired) electrons. The molecule has 1 heterocycles. The van der Waals surface area contributed by atoms with Gasteiger partial charge in [-0.05, 0) is 49.3 Å². The maximum absolute atomic E-state index is 13.0. The van der Waals surface area contributed by atoms with Crippen LogP contribution < -0.4 is 5.32 Å². The summed E-state index contributed by atoms with van der Waals surface area (Å²) in [5.41, 5.74) is 3.27. The van der Waals surface area contributed by atoms with Crippen LogP contribution in [0.25, 0.3) is 0 Å². The number of hydrogen-bond donors (Lipinski definition) is 1. The number of fused-ring (bicyclic) bond motifs is 1. The van der Waals surface area contributed by atoms with E-state index in [1.165, 1.54) is 24.8 Å². The highest BCUT2D eigenvalue weighted by Gasteiger charge is 2.29. The number of carbonyl (C=O) groups is 1. The molecule has 22 heavy (non-hydrogen) atoms. The molecule has 1 amide bonds. The molecule has 122 valence electrons. The average Bonchev–Trinajstić information content (AvgIpc) is 2.53. The number of nitrogens with one attached hydrogen (secondary N) is 1. The second-order valence-electron chi connectivity index (χ2n) is 6.61. The van der Waals surface area contributed by atoms with Gasteiger partial charge >= 0.3 is 0 Å². The Kier molecular flexibility index (Phi) is 5.74. The second-order valence-corrected chi connectivity index (χ2v) is 6.61. The molecule has 1 aromatic rings. The molecular weight excluding hydrogens is 296 g/mol. The third-order valence-electron chi connectivity index (χ3n) is 5.21. The van der Waals surface area contributed by atoms with Crippen LogP contribution >= 0.6 is 12.4 Å². The Hall–Kier alpha value is -1.22. The Balaban J connectivity index is 0.00000176. The molecule has 0 saturated heterocycles. The summed E-state index contributed by atoms with van der Waals surface area (Å²) >= 11 is 0. The van der Waals surface area contributed by atoms with Gasteiger partial charge < -0.3 is 10.2 Å². The zero-order valence-electron chi connectivity index (χ0n) is 13.6. The fourth-order valence-corrected chi connectivity index (χ4v) is 3.92. The lowest BCUT2D eigenvalue weighted by Gasteiger charge is -2.37. The van der Waals surface area contributed by atoms with Gasteiger partial charge in [0.1, 0.15) is 0 Å². The maximum Gasteiger partial charge on any atom is 0.254 e. The molecule has 2 aliphatic rings. The van der Waals surface area contributed by atoms with Crippen molar-refractivity contribution in [3.8, 4) is 0 Å². The Morgan fingerprint density at radius 1 is 1.23 bits per heavy atom. The summed E-state index contributed by atoms with van der Waals surface area (Å²) in [6, 6.07) is 6.49. The lowest BCUT2D eigenvalue weighted by atomic mass is 9.84. The fourth-order valence-electron chi connectivity index (χ4n) is 3.92. The van der Waals surface area contributed by atoms with Crippen LogP contribution in [0.4, 0.5) is 5.69 Å². The van der Waals surface area contributed by atoms with Crippen molar-refractivity contribution >= 4 is 24.0 Å². The maximum atomic E-state index is 13.0. The van der Waals surface area contributed by atoms with Crippen molar-refractivity contribution in [2.75, 3.05) is 18.9 Å². The van der Waals surface area contributed by atoms with Crippen molar-refractivity contribution in [3.63, 3.8) is 0 Å². The van der Waals surface area contributed by atoms with Crippen LogP contribution in [0.5, 0.6) is 0 Å². The van der Waals surface area contributed by atoms with E-state index in [0.29, 0.717) is 12.0 Å². The van der Waals surface area contributed by atoms with Gasteiger partial charge in [-0.3, -0.25) is 4.79 Å². The molecular formula is C18H27ClN2O. The lowest BCUT2D eigenvalue weighted by molar-refractivity contribution is 0.0628. The summed E-state index contributed by atoms with van der Waals surface area (Å²) in [7, 11) is 1.99. The van der Waals surface area contributed by atoms with Crippen LogP contribution in [0.2, 0.25) is 0 Å². The molecule has 0 aromatic heterocycles. The molecule has 3 nitrogen and oxygen atoms in total. The first-order chi connectivity index (χ1) is 10.2. The van der Waals surface area contributed by atoms with E-state index in [2.05, 4.69) is 18.3 Å². The van der Waals surface area contributed by atoms with Crippen molar-refractivity contribution < 1.29 is 4.79 Å². The molecule has 1 saturated carbocycles. The van der Waals surface area contributed by atoms with E-state index >= 15 is 0 Å². The Morgan fingerprint density at radius 2 is 2.00 bits per heavy atom. The van der Waals surface area contributed by atoms with Crippen LogP contribution in [0.3, 0.4) is 0 Å². The number of nitrogens with zero attached hydrogens (tertiary/aromatic N) is 1. The number of amides is 1. The van der Waals surface area contributed by atoms with Gasteiger partial charge in [0, 0.05) is 30.9 Å². The van der Waals surface area contributed by atoms with Gasteiger partial charge in [0.15, 0.2) is 0 Å². The highest BCUT2D eigenvalue weighted by molar-refractivity contribution is 5.97. The third-order valence-corrected chi connectivity index (χ3v) is 5.21. The highest BCUT2D eigenvalue weighted by atomic mass is 35.5. The summed E-state index contributed by atoms with van der Waals surface area (Å²) in [6.45, 7) is 3.30. The topological polar surface area (TPSA) is 32.3 Å². The van der Waals surface area contributed by atoms with Crippen LogP contribution in [0.1, 0.15) is 54.9 Å². The summed E-state index contributed by atoms with van der Waals surface area (Å²) in [5.74, 6) is 0.819. The molecule has 1 aliphatic carbocycles. The van der Waals surface area contributed by atoms with Gasteiger partial charge in [0.2, 0.25) is 0 Å². The molecule has 1 fully saturated rings. The van der Waals surface area contributed by atoms with Crippen molar-refractivity contribution in [1.29, 1.82) is 0 Å². The van der Waals surface area contributed by atoms with E-state index in [1.807, 2.05) is 24.1 Å². The number of benzene rings is 1. The minimum atomic E-state index is 0. The van der Waals surface area contributed by atoms with Crippen molar-refractivity contribution in [2.45, 2.75) is 51.5 Å². The Labute approximate surface area is 139 Å². The smallest absolute Gasteiger partial charge is 0.254 e. The van der Waals surface area contributed by atoms with E-state index in [0.717, 1.165) is 37.1 Å². The first kappa shape index (κ1) is 17.1. The zero-order valence-corrected chi connectivity index (χ0v) is 14.4.